The number of nitrogens with two attached hydrogens (primary N) is 1. The zero-order chi connectivity index (χ0) is 20.4. The maximum Gasteiger partial charge on any atom is 0.344 e. The number of amidine groups is 1. The second kappa shape index (κ2) is 7.70. The molecule has 1 unspecified atom stereocenters. The Balaban J connectivity index is 1.44. The third-order valence-electron chi connectivity index (χ3n) is 4.95. The third-order valence-corrected chi connectivity index (χ3v) is 5.86. The van der Waals surface area contributed by atoms with Gasteiger partial charge in [-0.15, -0.1) is 4.40 Å². The molecule has 1 atom stereocenters. The van der Waals surface area contributed by atoms with Gasteiger partial charge in [-0.05, 0) is 37.1 Å². The SMILES string of the molecule is NC1=NS(=O)(=O)Nc2cccc(OCC3CCCN(C(=O)c4ccncc4)C3)c21. The number of anilines is 1. The molecule has 1 aromatic heterocycles. The first-order chi connectivity index (χ1) is 13.9. The van der Waals surface area contributed by atoms with Crippen LogP contribution < -0.4 is 15.2 Å². The molecule has 10 heteroatoms. The number of carbonyl (C=O) groups excluding carboxylic acids is 1. The van der Waals surface area contributed by atoms with Crippen LogP contribution in [0.25, 0.3) is 0 Å². The highest BCUT2D eigenvalue weighted by Gasteiger charge is 2.27. The molecule has 1 fully saturated rings. The molecule has 3 heterocycles. The molecule has 0 radical (unpaired) electrons. The minimum absolute atomic E-state index is 0.0139. The molecule has 2 aliphatic heterocycles. The normalized spacial score (nSPS) is 20.2. The quantitative estimate of drug-likeness (QED) is 0.777. The van der Waals surface area contributed by atoms with E-state index < -0.39 is 10.2 Å². The maximum absolute atomic E-state index is 12.7. The maximum atomic E-state index is 12.7. The van der Waals surface area contributed by atoms with E-state index in [2.05, 4.69) is 14.1 Å². The first-order valence-electron chi connectivity index (χ1n) is 9.26. The zero-order valence-corrected chi connectivity index (χ0v) is 16.4. The van der Waals surface area contributed by atoms with Crippen LogP contribution in [-0.4, -0.2) is 49.7 Å². The Labute approximate surface area is 168 Å². The van der Waals surface area contributed by atoms with E-state index in [4.69, 9.17) is 10.5 Å². The number of rotatable bonds is 4. The van der Waals surface area contributed by atoms with Gasteiger partial charge in [0.15, 0.2) is 5.84 Å². The fraction of sp³-hybridized carbons (Fsp3) is 0.316. The molecule has 4 rings (SSSR count). The number of piperidine rings is 1. The largest absolute Gasteiger partial charge is 0.492 e. The number of aromatic nitrogens is 1. The average Bonchev–Trinajstić information content (AvgIpc) is 2.71. The molecule has 1 aromatic carbocycles. The van der Waals surface area contributed by atoms with Crippen LogP contribution in [0, 0.1) is 5.92 Å². The van der Waals surface area contributed by atoms with Gasteiger partial charge in [0.1, 0.15) is 5.75 Å². The van der Waals surface area contributed by atoms with Crippen LogP contribution in [-0.2, 0) is 10.2 Å². The summed E-state index contributed by atoms with van der Waals surface area (Å²) < 4.78 is 35.2. The number of hydrogen-bond acceptors (Lipinski definition) is 6. The summed E-state index contributed by atoms with van der Waals surface area (Å²) in [4.78, 5) is 18.5. The lowest BCUT2D eigenvalue weighted by Gasteiger charge is -2.33. The van der Waals surface area contributed by atoms with Crippen molar-refractivity contribution in [2.24, 2.45) is 16.0 Å². The van der Waals surface area contributed by atoms with Crippen LogP contribution in [0.3, 0.4) is 0 Å². The summed E-state index contributed by atoms with van der Waals surface area (Å²) in [5.41, 5.74) is 7.24. The van der Waals surface area contributed by atoms with Crippen molar-refractivity contribution in [3.8, 4) is 5.75 Å². The molecule has 1 amide bonds. The van der Waals surface area contributed by atoms with E-state index in [9.17, 15) is 13.2 Å². The summed E-state index contributed by atoms with van der Waals surface area (Å²) in [6.07, 6.45) is 5.04. The second-order valence-corrected chi connectivity index (χ2v) is 8.38. The molecule has 1 saturated heterocycles. The number of fused-ring (bicyclic) bond motifs is 1. The van der Waals surface area contributed by atoms with Crippen LogP contribution in [0.5, 0.6) is 5.75 Å². The second-order valence-electron chi connectivity index (χ2n) is 7.04. The van der Waals surface area contributed by atoms with Crippen molar-refractivity contribution in [1.82, 2.24) is 9.88 Å². The molecule has 0 bridgehead atoms. The van der Waals surface area contributed by atoms with Gasteiger partial charge in [-0.2, -0.15) is 8.42 Å². The minimum atomic E-state index is -3.83. The van der Waals surface area contributed by atoms with Crippen molar-refractivity contribution < 1.29 is 17.9 Å². The zero-order valence-electron chi connectivity index (χ0n) is 15.6. The molecule has 0 spiro atoms. The van der Waals surface area contributed by atoms with Crippen LogP contribution in [0.1, 0.15) is 28.8 Å². The number of hydrogen-bond donors (Lipinski definition) is 2. The number of carbonyl (C=O) groups is 1. The molecule has 2 aromatic rings. The first kappa shape index (κ1) is 19.2. The van der Waals surface area contributed by atoms with Gasteiger partial charge in [0.25, 0.3) is 5.91 Å². The van der Waals surface area contributed by atoms with Crippen LogP contribution in [0.2, 0.25) is 0 Å². The number of amides is 1. The number of pyridine rings is 1. The Morgan fingerprint density at radius 2 is 2.07 bits per heavy atom. The molecule has 29 heavy (non-hydrogen) atoms. The van der Waals surface area contributed by atoms with E-state index in [1.807, 2.05) is 4.90 Å². The smallest absolute Gasteiger partial charge is 0.344 e. The van der Waals surface area contributed by atoms with E-state index in [1.165, 1.54) is 0 Å². The monoisotopic (exact) mass is 415 g/mol. The summed E-state index contributed by atoms with van der Waals surface area (Å²) in [6, 6.07) is 8.44. The lowest BCUT2D eigenvalue weighted by Crippen LogP contribution is -2.41. The van der Waals surface area contributed by atoms with E-state index in [-0.39, 0.29) is 17.7 Å². The highest BCUT2D eigenvalue weighted by Crippen LogP contribution is 2.31. The predicted molar refractivity (Wildman–Crippen MR) is 108 cm³/mol. The standard InChI is InChI=1S/C19H21N5O4S/c20-18-17-15(22-29(26,27)23-18)4-1-5-16(17)28-12-13-3-2-10-24(11-13)19(25)14-6-8-21-9-7-14/h1,4-9,13,22H,2-3,10-12H2,(H2,20,23). The van der Waals surface area contributed by atoms with Crippen LogP contribution in [0.4, 0.5) is 5.69 Å². The Morgan fingerprint density at radius 3 is 2.86 bits per heavy atom. The predicted octanol–water partition coefficient (Wildman–Crippen LogP) is 1.39. The van der Waals surface area contributed by atoms with E-state index in [0.717, 1.165) is 12.8 Å². The molecule has 9 nitrogen and oxygen atoms in total. The lowest BCUT2D eigenvalue weighted by molar-refractivity contribution is 0.0633. The van der Waals surface area contributed by atoms with Crippen molar-refractivity contribution in [3.05, 3.63) is 53.9 Å². The Morgan fingerprint density at radius 1 is 1.28 bits per heavy atom. The molecule has 0 saturated carbocycles. The Hall–Kier alpha value is -3.14. The topological polar surface area (TPSA) is 127 Å². The fourth-order valence-electron chi connectivity index (χ4n) is 3.61. The van der Waals surface area contributed by atoms with Crippen molar-refractivity contribution in [1.29, 1.82) is 0 Å². The van der Waals surface area contributed by atoms with Crippen molar-refractivity contribution in [2.75, 3.05) is 24.4 Å². The van der Waals surface area contributed by atoms with Crippen molar-refractivity contribution in [3.63, 3.8) is 0 Å². The highest BCUT2D eigenvalue weighted by atomic mass is 32.2. The third kappa shape index (κ3) is 4.16. The van der Waals surface area contributed by atoms with Crippen molar-refractivity contribution in [2.45, 2.75) is 12.8 Å². The van der Waals surface area contributed by atoms with Gasteiger partial charge >= 0.3 is 10.2 Å². The Bertz CT molecular complexity index is 1060. The summed E-state index contributed by atoms with van der Waals surface area (Å²) in [5.74, 6) is 0.500. The summed E-state index contributed by atoms with van der Waals surface area (Å²) in [7, 11) is -3.83. The summed E-state index contributed by atoms with van der Waals surface area (Å²) in [6.45, 7) is 1.68. The number of nitrogens with zero attached hydrogens (tertiary/aromatic N) is 3. The van der Waals surface area contributed by atoms with Gasteiger partial charge in [-0.3, -0.25) is 14.5 Å². The fourth-order valence-corrected chi connectivity index (χ4v) is 4.45. The molecule has 0 aliphatic carbocycles. The summed E-state index contributed by atoms with van der Waals surface area (Å²) >= 11 is 0. The number of benzene rings is 1. The van der Waals surface area contributed by atoms with Gasteiger partial charge in [-0.1, -0.05) is 6.07 Å². The molecular formula is C19H21N5O4S. The van der Waals surface area contributed by atoms with E-state index in [0.29, 0.717) is 42.3 Å². The molecule has 2 aliphatic rings. The van der Waals surface area contributed by atoms with Crippen molar-refractivity contribution >= 4 is 27.6 Å². The molecular weight excluding hydrogens is 394 g/mol. The minimum Gasteiger partial charge on any atom is -0.492 e. The van der Waals surface area contributed by atoms with E-state index in [1.54, 1.807) is 42.7 Å². The summed E-state index contributed by atoms with van der Waals surface area (Å²) in [5, 5.41) is 0. The average molecular weight is 415 g/mol. The number of ether oxygens (including phenoxy) is 1. The van der Waals surface area contributed by atoms with Gasteiger partial charge in [0.2, 0.25) is 0 Å². The van der Waals surface area contributed by atoms with Gasteiger partial charge < -0.3 is 15.4 Å². The molecule has 152 valence electrons. The van der Waals surface area contributed by atoms with Gasteiger partial charge in [0, 0.05) is 37.0 Å². The number of likely N-dealkylation sites (tertiary alicyclic amines) is 1. The Kier molecular flexibility index (Phi) is 5.10. The lowest BCUT2D eigenvalue weighted by atomic mass is 9.98. The molecule has 3 N–H and O–H groups in total. The van der Waals surface area contributed by atoms with Gasteiger partial charge in [0.05, 0.1) is 17.9 Å². The highest BCUT2D eigenvalue weighted by molar-refractivity contribution is 7.91. The van der Waals surface area contributed by atoms with Crippen LogP contribution >= 0.6 is 0 Å². The van der Waals surface area contributed by atoms with Gasteiger partial charge in [-0.25, -0.2) is 0 Å². The number of nitrogens with one attached hydrogen (secondary N) is 1. The van der Waals surface area contributed by atoms with E-state index >= 15 is 0 Å². The van der Waals surface area contributed by atoms with Crippen LogP contribution in [0.15, 0.2) is 47.1 Å². The first-order valence-corrected chi connectivity index (χ1v) is 10.7.